The molecule has 0 spiro atoms. The zero-order valence-electron chi connectivity index (χ0n) is 14.2. The maximum atomic E-state index is 12.8. The number of sulfonamides is 1. The van der Waals surface area contributed by atoms with Crippen LogP contribution in [0.5, 0.6) is 0 Å². The number of benzene rings is 1. The van der Waals surface area contributed by atoms with E-state index in [4.69, 9.17) is 0 Å². The Bertz CT molecular complexity index is 960. The summed E-state index contributed by atoms with van der Waals surface area (Å²) in [6, 6.07) is 3.05. The van der Waals surface area contributed by atoms with Crippen molar-refractivity contribution in [1.82, 2.24) is 10.2 Å². The molecule has 1 unspecified atom stereocenters. The molecule has 1 aromatic carbocycles. The summed E-state index contributed by atoms with van der Waals surface area (Å²) in [5, 5.41) is 15.1. The second-order valence-corrected chi connectivity index (χ2v) is 8.45. The maximum Gasteiger partial charge on any atom is 0.516 e. The number of aryl methyl sites for hydroxylation is 1. The van der Waals surface area contributed by atoms with Gasteiger partial charge in [-0.25, -0.2) is 0 Å². The van der Waals surface area contributed by atoms with Crippen molar-refractivity contribution in [1.29, 1.82) is 0 Å². The topological polar surface area (TPSA) is 99.9 Å². The van der Waals surface area contributed by atoms with Gasteiger partial charge in [0.2, 0.25) is 0 Å². The number of nitrogens with one attached hydrogen (secondary N) is 1. The van der Waals surface area contributed by atoms with Gasteiger partial charge in [0.05, 0.1) is 5.69 Å². The van der Waals surface area contributed by atoms with Crippen LogP contribution < -0.4 is 9.62 Å². The number of nitrogens with zero attached hydrogens (tertiary/aromatic N) is 5. The molecule has 1 N–H and O–H groups in total. The van der Waals surface area contributed by atoms with Crippen molar-refractivity contribution in [3.8, 4) is 0 Å². The Labute approximate surface area is 157 Å². The Morgan fingerprint density at radius 2 is 2.07 bits per heavy atom. The van der Waals surface area contributed by atoms with Gasteiger partial charge in [0.25, 0.3) is 5.13 Å². The highest BCUT2D eigenvalue weighted by Gasteiger charge is 2.46. The van der Waals surface area contributed by atoms with Crippen LogP contribution in [0.2, 0.25) is 0 Å². The van der Waals surface area contributed by atoms with Gasteiger partial charge in [-0.1, -0.05) is 11.3 Å². The van der Waals surface area contributed by atoms with E-state index in [1.165, 1.54) is 17.6 Å². The lowest BCUT2D eigenvalue weighted by Crippen LogP contribution is -2.34. The van der Waals surface area contributed by atoms with Gasteiger partial charge in [-0.2, -0.15) is 21.6 Å². The fourth-order valence-electron chi connectivity index (χ4n) is 2.62. The third-order valence-corrected chi connectivity index (χ3v) is 5.88. The van der Waals surface area contributed by atoms with E-state index < -0.39 is 15.5 Å². The molecule has 1 aliphatic rings. The first-order valence-electron chi connectivity index (χ1n) is 7.75. The molecule has 1 aromatic heterocycles. The number of hydrogen-bond acceptors (Lipinski definition) is 8. The van der Waals surface area contributed by atoms with Crippen molar-refractivity contribution < 1.29 is 21.6 Å². The van der Waals surface area contributed by atoms with Crippen molar-refractivity contribution in [3.05, 3.63) is 23.2 Å². The Morgan fingerprint density at radius 1 is 1.33 bits per heavy atom. The van der Waals surface area contributed by atoms with Gasteiger partial charge in [-0.15, -0.1) is 20.4 Å². The van der Waals surface area contributed by atoms with Gasteiger partial charge in [-0.3, -0.25) is 4.72 Å². The molecule has 0 bridgehead atoms. The van der Waals surface area contributed by atoms with Gasteiger partial charge in [0, 0.05) is 18.8 Å². The summed E-state index contributed by atoms with van der Waals surface area (Å²) in [5.74, 6) is 0. The summed E-state index contributed by atoms with van der Waals surface area (Å²) >= 11 is 1.09. The first-order chi connectivity index (χ1) is 12.6. The van der Waals surface area contributed by atoms with Crippen molar-refractivity contribution >= 4 is 43.6 Å². The molecule has 0 saturated carbocycles. The van der Waals surface area contributed by atoms with Crippen molar-refractivity contribution in [3.63, 3.8) is 0 Å². The standard InChI is InChI=1S/C14H15F3N6O2S2/c1-8-3-4-9-5-10(19-21-13-20-18-7-26-13)11(6-12(9)23(8)2)22-27(24,25)14(15,16)17/h5-8,22H,3-4H2,1-2H3. The average Bonchev–Trinajstić information content (AvgIpc) is 3.09. The molecule has 0 amide bonds. The van der Waals surface area contributed by atoms with Crippen molar-refractivity contribution in [2.24, 2.45) is 10.2 Å². The highest BCUT2D eigenvalue weighted by molar-refractivity contribution is 7.93. The first-order valence-corrected chi connectivity index (χ1v) is 10.1. The number of anilines is 2. The van der Waals surface area contributed by atoms with Crippen LogP contribution in [0.3, 0.4) is 0 Å². The molecule has 0 radical (unpaired) electrons. The first kappa shape index (κ1) is 19.5. The van der Waals surface area contributed by atoms with Crippen LogP contribution in [-0.2, 0) is 16.4 Å². The molecular formula is C14H15F3N6O2S2. The van der Waals surface area contributed by atoms with Gasteiger partial charge < -0.3 is 4.90 Å². The average molecular weight is 420 g/mol. The molecule has 13 heteroatoms. The molecule has 0 aliphatic carbocycles. The minimum atomic E-state index is -5.60. The lowest BCUT2D eigenvalue weighted by Gasteiger charge is -2.34. The predicted molar refractivity (Wildman–Crippen MR) is 95.3 cm³/mol. The Kier molecular flexibility index (Phi) is 5.08. The van der Waals surface area contributed by atoms with E-state index in [1.54, 1.807) is 11.8 Å². The Morgan fingerprint density at radius 3 is 2.70 bits per heavy atom. The third kappa shape index (κ3) is 4.03. The molecule has 0 saturated heterocycles. The van der Waals surface area contributed by atoms with Crippen LogP contribution in [0.15, 0.2) is 27.9 Å². The number of rotatable bonds is 4. The molecular weight excluding hydrogens is 405 g/mol. The van der Waals surface area contributed by atoms with Crippen LogP contribution in [0, 0.1) is 0 Å². The lowest BCUT2D eigenvalue weighted by atomic mass is 9.96. The van der Waals surface area contributed by atoms with E-state index in [1.807, 2.05) is 11.8 Å². The minimum absolute atomic E-state index is 0.0280. The third-order valence-electron chi connectivity index (χ3n) is 4.21. The van der Waals surface area contributed by atoms with Gasteiger partial charge in [0.15, 0.2) is 0 Å². The van der Waals surface area contributed by atoms with E-state index in [0.717, 1.165) is 23.3 Å². The van der Waals surface area contributed by atoms with Crippen molar-refractivity contribution in [2.45, 2.75) is 31.3 Å². The summed E-state index contributed by atoms with van der Waals surface area (Å²) in [6.07, 6.45) is 1.54. The number of fused-ring (bicyclic) bond motifs is 1. The number of azo groups is 1. The second-order valence-electron chi connectivity index (χ2n) is 5.97. The van der Waals surface area contributed by atoms with Crippen LogP contribution >= 0.6 is 11.3 Å². The number of halogens is 3. The van der Waals surface area contributed by atoms with Gasteiger partial charge in [0.1, 0.15) is 11.2 Å². The SMILES string of the molecule is CC1CCc2cc(N=Nc3nncs3)c(NS(=O)(=O)C(F)(F)F)cc2N1C. The molecule has 146 valence electrons. The zero-order valence-corrected chi connectivity index (χ0v) is 15.9. The van der Waals surface area contributed by atoms with Crippen LogP contribution in [0.25, 0.3) is 0 Å². The quantitative estimate of drug-likeness (QED) is 0.754. The summed E-state index contributed by atoms with van der Waals surface area (Å²) in [4.78, 5) is 1.88. The van der Waals surface area contributed by atoms with E-state index in [-0.39, 0.29) is 22.5 Å². The molecule has 2 aromatic rings. The van der Waals surface area contributed by atoms with E-state index in [2.05, 4.69) is 20.4 Å². The number of aromatic nitrogens is 2. The highest BCUT2D eigenvalue weighted by atomic mass is 32.2. The molecule has 3 rings (SSSR count). The summed E-state index contributed by atoms with van der Waals surface area (Å²) in [6.45, 7) is 1.98. The molecule has 0 fully saturated rings. The highest BCUT2D eigenvalue weighted by Crippen LogP contribution is 2.40. The summed E-state index contributed by atoms with van der Waals surface area (Å²) in [7, 11) is -3.80. The molecule has 1 aliphatic heterocycles. The molecule has 8 nitrogen and oxygen atoms in total. The number of hydrogen-bond donors (Lipinski definition) is 1. The fourth-order valence-corrected chi connectivity index (χ4v) is 3.56. The Hall–Kier alpha value is -2.28. The maximum absolute atomic E-state index is 12.8. The van der Waals surface area contributed by atoms with Gasteiger partial charge in [-0.05, 0) is 37.5 Å². The van der Waals surface area contributed by atoms with Crippen LogP contribution in [-0.4, -0.2) is 37.2 Å². The minimum Gasteiger partial charge on any atom is -0.372 e. The molecule has 2 heterocycles. The normalized spacial score (nSPS) is 18.0. The predicted octanol–water partition coefficient (Wildman–Crippen LogP) is 3.99. The second kappa shape index (κ2) is 7.03. The number of alkyl halides is 3. The van der Waals surface area contributed by atoms with Crippen LogP contribution in [0.4, 0.5) is 35.4 Å². The lowest BCUT2D eigenvalue weighted by molar-refractivity contribution is -0.0429. The molecule has 1 atom stereocenters. The fraction of sp³-hybridized carbons (Fsp3) is 0.429. The smallest absolute Gasteiger partial charge is 0.372 e. The summed E-state index contributed by atoms with van der Waals surface area (Å²) < 4.78 is 63.2. The van der Waals surface area contributed by atoms with E-state index >= 15 is 0 Å². The Balaban J connectivity index is 2.07. The summed E-state index contributed by atoms with van der Waals surface area (Å²) in [5.41, 5.74) is -2.87. The van der Waals surface area contributed by atoms with Crippen LogP contribution in [0.1, 0.15) is 18.9 Å². The largest absolute Gasteiger partial charge is 0.516 e. The van der Waals surface area contributed by atoms with E-state index in [0.29, 0.717) is 12.1 Å². The van der Waals surface area contributed by atoms with Gasteiger partial charge >= 0.3 is 15.5 Å². The van der Waals surface area contributed by atoms with E-state index in [9.17, 15) is 21.6 Å². The molecule has 27 heavy (non-hydrogen) atoms. The zero-order chi connectivity index (χ0) is 19.8. The van der Waals surface area contributed by atoms with Crippen molar-refractivity contribution in [2.75, 3.05) is 16.7 Å². The monoisotopic (exact) mass is 420 g/mol.